The minimum atomic E-state index is -0.442. The maximum Gasteiger partial charge on any atom is 0.324 e. The fraction of sp³-hybridized carbons (Fsp3) is 0.188. The van der Waals surface area contributed by atoms with Crippen molar-refractivity contribution < 1.29 is 9.59 Å². The number of amides is 3. The van der Waals surface area contributed by atoms with E-state index >= 15 is 0 Å². The lowest BCUT2D eigenvalue weighted by atomic mass is 9.92. The van der Waals surface area contributed by atoms with Crippen molar-refractivity contribution in [2.75, 3.05) is 16.0 Å². The van der Waals surface area contributed by atoms with Crippen LogP contribution in [0.25, 0.3) is 16.9 Å². The number of halogens is 1. The van der Waals surface area contributed by atoms with Gasteiger partial charge < -0.3 is 16.4 Å². The van der Waals surface area contributed by atoms with E-state index in [-0.39, 0.29) is 11.8 Å². The molecule has 0 fully saturated rings. The van der Waals surface area contributed by atoms with E-state index in [1.165, 1.54) is 0 Å². The quantitative estimate of drug-likeness (QED) is 0.138. The lowest BCUT2D eigenvalue weighted by Gasteiger charge is -2.15. The molecule has 2 aromatic carbocycles. The summed E-state index contributed by atoms with van der Waals surface area (Å²) in [5, 5.41) is 14.0. The van der Waals surface area contributed by atoms with Crippen LogP contribution in [0, 0.1) is 10.5 Å². The van der Waals surface area contributed by atoms with Crippen LogP contribution in [0.2, 0.25) is 0 Å². The molecular formula is C32H32IN9O2. The fourth-order valence-electron chi connectivity index (χ4n) is 4.49. The van der Waals surface area contributed by atoms with Crippen molar-refractivity contribution in [2.45, 2.75) is 39.5 Å². The maximum absolute atomic E-state index is 13.4. The SMILES string of the molecule is Cc1ccc(NC(=O)Nc2c(I)c(C(C)(C)C)nn2-c2cccc(CC(N)=O)c2)cc1Nc1nccc(-c2cccnc2)n1. The van der Waals surface area contributed by atoms with Gasteiger partial charge in [-0.1, -0.05) is 39.0 Å². The number of hydrogen-bond donors (Lipinski definition) is 4. The van der Waals surface area contributed by atoms with E-state index in [2.05, 4.69) is 74.3 Å². The predicted octanol–water partition coefficient (Wildman–Crippen LogP) is 6.35. The van der Waals surface area contributed by atoms with Gasteiger partial charge in [-0.3, -0.25) is 15.1 Å². The summed E-state index contributed by atoms with van der Waals surface area (Å²) in [5.74, 6) is 0.503. The van der Waals surface area contributed by atoms with Gasteiger partial charge in [-0.15, -0.1) is 0 Å². The molecule has 0 aliphatic rings. The second kappa shape index (κ2) is 12.8. The van der Waals surface area contributed by atoms with Gasteiger partial charge in [0.25, 0.3) is 0 Å². The molecule has 12 heteroatoms. The normalized spacial score (nSPS) is 11.2. The smallest absolute Gasteiger partial charge is 0.324 e. The summed E-state index contributed by atoms with van der Waals surface area (Å²) in [4.78, 5) is 38.0. The number of aryl methyl sites for hydroxylation is 1. The zero-order valence-electron chi connectivity index (χ0n) is 24.7. The Hall–Kier alpha value is -4.85. The summed E-state index contributed by atoms with van der Waals surface area (Å²) in [6, 6.07) is 18.1. The second-order valence-electron chi connectivity index (χ2n) is 11.2. The highest BCUT2D eigenvalue weighted by Gasteiger charge is 2.27. The molecule has 3 aromatic heterocycles. The van der Waals surface area contributed by atoms with Gasteiger partial charge in [0, 0.05) is 40.9 Å². The Morgan fingerprint density at radius 1 is 1.00 bits per heavy atom. The zero-order chi connectivity index (χ0) is 31.4. The van der Waals surface area contributed by atoms with Crippen molar-refractivity contribution in [1.29, 1.82) is 0 Å². The first-order valence-corrected chi connectivity index (χ1v) is 14.9. The monoisotopic (exact) mass is 701 g/mol. The molecule has 0 spiro atoms. The molecule has 0 aliphatic carbocycles. The predicted molar refractivity (Wildman–Crippen MR) is 180 cm³/mol. The van der Waals surface area contributed by atoms with Gasteiger partial charge in [-0.05, 0) is 83.1 Å². The Kier molecular flexibility index (Phi) is 8.90. The molecule has 44 heavy (non-hydrogen) atoms. The van der Waals surface area contributed by atoms with Crippen LogP contribution in [0.5, 0.6) is 0 Å². The molecule has 224 valence electrons. The zero-order valence-corrected chi connectivity index (χ0v) is 26.9. The molecule has 11 nitrogen and oxygen atoms in total. The third-order valence-corrected chi connectivity index (χ3v) is 7.68. The van der Waals surface area contributed by atoms with Crippen molar-refractivity contribution in [1.82, 2.24) is 24.7 Å². The highest BCUT2D eigenvalue weighted by atomic mass is 127. The molecular weight excluding hydrogens is 669 g/mol. The molecule has 0 bridgehead atoms. The molecule has 0 atom stereocenters. The van der Waals surface area contributed by atoms with Crippen molar-refractivity contribution >= 4 is 57.7 Å². The number of nitrogens with one attached hydrogen (secondary N) is 3. The standard InChI is InChI=1S/C32H32IN9O2/c1-19-10-11-22(17-25(19)39-30-36-14-12-24(38-30)21-8-6-13-35-18-21)37-31(44)40-29-27(33)28(32(2,3)4)41-42(29)23-9-5-7-20(15-23)16-26(34)43/h5-15,17-18H,16H2,1-4H3,(H2,34,43)(H,36,38,39)(H2,37,40,44). The topological polar surface area (TPSA) is 153 Å². The molecule has 0 saturated carbocycles. The van der Waals surface area contributed by atoms with Crippen molar-refractivity contribution in [3.63, 3.8) is 0 Å². The van der Waals surface area contributed by atoms with E-state index in [4.69, 9.17) is 10.8 Å². The molecule has 5 N–H and O–H groups in total. The number of primary amides is 1. The molecule has 0 aliphatic heterocycles. The number of rotatable bonds is 8. The van der Waals surface area contributed by atoms with Crippen molar-refractivity contribution in [3.05, 3.63) is 99.6 Å². The van der Waals surface area contributed by atoms with Crippen LogP contribution >= 0.6 is 22.6 Å². The number of hydrogen-bond acceptors (Lipinski definition) is 7. The third-order valence-electron chi connectivity index (χ3n) is 6.66. The second-order valence-corrected chi connectivity index (χ2v) is 12.3. The van der Waals surface area contributed by atoms with E-state index in [9.17, 15) is 9.59 Å². The lowest BCUT2D eigenvalue weighted by molar-refractivity contribution is -0.117. The number of nitrogens with two attached hydrogens (primary N) is 1. The number of pyridine rings is 1. The van der Waals surface area contributed by atoms with Gasteiger partial charge in [0.1, 0.15) is 0 Å². The first kappa shape index (κ1) is 30.6. The molecule has 3 heterocycles. The van der Waals surface area contributed by atoms with Crippen LogP contribution in [0.4, 0.5) is 27.9 Å². The number of urea groups is 1. The van der Waals surface area contributed by atoms with Crippen LogP contribution < -0.4 is 21.7 Å². The van der Waals surface area contributed by atoms with Gasteiger partial charge in [-0.25, -0.2) is 19.4 Å². The summed E-state index contributed by atoms with van der Waals surface area (Å²) < 4.78 is 2.49. The minimum absolute atomic E-state index is 0.101. The number of benzene rings is 2. The minimum Gasteiger partial charge on any atom is -0.369 e. The summed E-state index contributed by atoms with van der Waals surface area (Å²) in [6.07, 6.45) is 5.24. The molecule has 0 saturated heterocycles. The number of carbonyl (C=O) groups is 2. The number of anilines is 4. The molecule has 3 amide bonds. The summed E-state index contributed by atoms with van der Waals surface area (Å²) >= 11 is 2.21. The Balaban J connectivity index is 1.39. The van der Waals surface area contributed by atoms with Gasteiger partial charge in [0.15, 0.2) is 5.82 Å². The first-order chi connectivity index (χ1) is 21.0. The lowest BCUT2D eigenvalue weighted by Crippen LogP contribution is -2.22. The van der Waals surface area contributed by atoms with Crippen LogP contribution in [-0.4, -0.2) is 36.7 Å². The van der Waals surface area contributed by atoms with Gasteiger partial charge in [-0.2, -0.15) is 5.10 Å². The highest BCUT2D eigenvalue weighted by Crippen LogP contribution is 2.33. The average Bonchev–Trinajstić information content (AvgIpc) is 3.31. The van der Waals surface area contributed by atoms with Crippen LogP contribution in [-0.2, 0) is 16.6 Å². The van der Waals surface area contributed by atoms with Crippen LogP contribution in [0.3, 0.4) is 0 Å². The number of nitrogens with zero attached hydrogens (tertiary/aromatic N) is 5. The van der Waals surface area contributed by atoms with E-state index in [0.29, 0.717) is 23.1 Å². The van der Waals surface area contributed by atoms with Crippen LogP contribution in [0.1, 0.15) is 37.6 Å². The van der Waals surface area contributed by atoms with E-state index in [1.807, 2.05) is 67.6 Å². The van der Waals surface area contributed by atoms with Gasteiger partial charge in [0.05, 0.1) is 27.1 Å². The Bertz CT molecular complexity index is 1830. The largest absolute Gasteiger partial charge is 0.369 e. The van der Waals surface area contributed by atoms with E-state index < -0.39 is 11.9 Å². The number of aromatic nitrogens is 5. The van der Waals surface area contributed by atoms with Crippen LogP contribution in [0.15, 0.2) is 79.3 Å². The molecule has 0 radical (unpaired) electrons. The van der Waals surface area contributed by atoms with E-state index in [1.54, 1.807) is 23.3 Å². The maximum atomic E-state index is 13.4. The Morgan fingerprint density at radius 2 is 1.82 bits per heavy atom. The Labute approximate surface area is 268 Å². The molecule has 5 rings (SSSR count). The molecule has 0 unspecified atom stereocenters. The highest BCUT2D eigenvalue weighted by molar-refractivity contribution is 14.1. The summed E-state index contributed by atoms with van der Waals surface area (Å²) in [6.45, 7) is 8.14. The summed E-state index contributed by atoms with van der Waals surface area (Å²) in [7, 11) is 0. The van der Waals surface area contributed by atoms with Gasteiger partial charge in [0.2, 0.25) is 11.9 Å². The number of carbonyl (C=O) groups excluding carboxylic acids is 2. The first-order valence-electron chi connectivity index (χ1n) is 13.8. The van der Waals surface area contributed by atoms with Crippen molar-refractivity contribution in [3.8, 4) is 16.9 Å². The van der Waals surface area contributed by atoms with Crippen molar-refractivity contribution in [2.24, 2.45) is 5.73 Å². The fourth-order valence-corrected chi connectivity index (χ4v) is 5.77. The molecule has 5 aromatic rings. The van der Waals surface area contributed by atoms with Gasteiger partial charge >= 0.3 is 6.03 Å². The third kappa shape index (κ3) is 7.19. The van der Waals surface area contributed by atoms with E-state index in [0.717, 1.165) is 37.3 Å². The Morgan fingerprint density at radius 3 is 2.55 bits per heavy atom. The average molecular weight is 702 g/mol. The summed E-state index contributed by atoms with van der Waals surface area (Å²) in [5.41, 5.74) is 11.3.